The molecule has 1 aliphatic rings. The highest BCUT2D eigenvalue weighted by atomic mass is 79.9. The van der Waals surface area contributed by atoms with Crippen LogP contribution in [0.15, 0.2) is 34.3 Å². The maximum Gasteiger partial charge on any atom is 0.335 e. The molecule has 0 atom stereocenters. The predicted octanol–water partition coefficient (Wildman–Crippen LogP) is 2.32. The summed E-state index contributed by atoms with van der Waals surface area (Å²) in [5.74, 6) is -0.229. The molecule has 0 radical (unpaired) electrons. The van der Waals surface area contributed by atoms with Crippen LogP contribution >= 0.6 is 15.9 Å². The number of carbonyl (C=O) groups excluding carboxylic acids is 1. The van der Waals surface area contributed by atoms with E-state index in [1.54, 1.807) is 0 Å². The van der Waals surface area contributed by atoms with Crippen LogP contribution in [0, 0.1) is 0 Å². The third kappa shape index (κ3) is 2.58. The topological polar surface area (TPSA) is 29.5 Å². The van der Waals surface area contributed by atoms with Gasteiger partial charge in [-0.25, -0.2) is 4.79 Å². The molecule has 1 aromatic carbocycles. The fourth-order valence-electron chi connectivity index (χ4n) is 2.01. The number of ether oxygens (including phenoxy) is 1. The standard InChI is InChI=1S/C13H14BrNO2/c1-15-7-11(12(8-15)13(16)17-2)9-3-5-10(14)6-4-9/h3-6H,7-8H2,1-2H3. The summed E-state index contributed by atoms with van der Waals surface area (Å²) < 4.78 is 5.86. The Balaban J connectivity index is 2.39. The van der Waals surface area contributed by atoms with Gasteiger partial charge in [-0.2, -0.15) is 0 Å². The minimum absolute atomic E-state index is 0.229. The van der Waals surface area contributed by atoms with E-state index in [0.717, 1.165) is 27.7 Å². The molecule has 0 aromatic heterocycles. The van der Waals surface area contributed by atoms with Gasteiger partial charge in [-0.15, -0.1) is 0 Å². The molecule has 2 rings (SSSR count). The van der Waals surface area contributed by atoms with E-state index in [4.69, 9.17) is 4.74 Å². The van der Waals surface area contributed by atoms with E-state index in [9.17, 15) is 4.79 Å². The van der Waals surface area contributed by atoms with Crippen molar-refractivity contribution in [2.45, 2.75) is 0 Å². The Hall–Kier alpha value is -1.13. The van der Waals surface area contributed by atoms with Gasteiger partial charge in [0.05, 0.1) is 12.7 Å². The second-order valence-corrected chi connectivity index (χ2v) is 5.04. The van der Waals surface area contributed by atoms with E-state index in [2.05, 4.69) is 20.8 Å². The number of nitrogens with zero attached hydrogens (tertiary/aromatic N) is 1. The first-order valence-electron chi connectivity index (χ1n) is 5.36. The summed E-state index contributed by atoms with van der Waals surface area (Å²) in [5.41, 5.74) is 2.90. The van der Waals surface area contributed by atoms with Gasteiger partial charge < -0.3 is 4.74 Å². The van der Waals surface area contributed by atoms with E-state index in [1.165, 1.54) is 7.11 Å². The lowest BCUT2D eigenvalue weighted by Crippen LogP contribution is -2.17. The van der Waals surface area contributed by atoms with Gasteiger partial charge in [0.1, 0.15) is 0 Å². The van der Waals surface area contributed by atoms with E-state index < -0.39 is 0 Å². The number of likely N-dealkylation sites (N-methyl/N-ethyl adjacent to an activating group) is 1. The molecule has 1 aromatic rings. The largest absolute Gasteiger partial charge is 0.466 e. The lowest BCUT2D eigenvalue weighted by atomic mass is 10.0. The van der Waals surface area contributed by atoms with Crippen molar-refractivity contribution in [1.82, 2.24) is 4.90 Å². The number of hydrogen-bond acceptors (Lipinski definition) is 3. The van der Waals surface area contributed by atoms with Crippen molar-refractivity contribution in [3.8, 4) is 0 Å². The van der Waals surface area contributed by atoms with Crippen LogP contribution in [-0.4, -0.2) is 38.1 Å². The van der Waals surface area contributed by atoms with Crippen LogP contribution in [0.4, 0.5) is 0 Å². The number of carbonyl (C=O) groups is 1. The van der Waals surface area contributed by atoms with E-state index in [0.29, 0.717) is 6.54 Å². The molecular formula is C13H14BrNO2. The summed E-state index contributed by atoms with van der Waals surface area (Å²) in [5, 5.41) is 0. The lowest BCUT2D eigenvalue weighted by Gasteiger charge is -2.07. The van der Waals surface area contributed by atoms with Crippen molar-refractivity contribution in [2.75, 3.05) is 27.2 Å². The molecule has 4 heteroatoms. The lowest BCUT2D eigenvalue weighted by molar-refractivity contribution is -0.136. The molecule has 17 heavy (non-hydrogen) atoms. The molecule has 3 nitrogen and oxygen atoms in total. The zero-order chi connectivity index (χ0) is 12.4. The summed E-state index contributed by atoms with van der Waals surface area (Å²) >= 11 is 3.41. The molecule has 1 heterocycles. The van der Waals surface area contributed by atoms with Gasteiger partial charge in [0.25, 0.3) is 0 Å². The SMILES string of the molecule is COC(=O)C1=C(c2ccc(Br)cc2)CN(C)C1. The van der Waals surface area contributed by atoms with Gasteiger partial charge >= 0.3 is 5.97 Å². The van der Waals surface area contributed by atoms with Gasteiger partial charge in [0.15, 0.2) is 0 Å². The van der Waals surface area contributed by atoms with Gasteiger partial charge in [-0.05, 0) is 30.3 Å². The number of benzene rings is 1. The summed E-state index contributed by atoms with van der Waals surface area (Å²) in [6.45, 7) is 1.43. The molecule has 0 amide bonds. The zero-order valence-electron chi connectivity index (χ0n) is 9.87. The minimum atomic E-state index is -0.229. The monoisotopic (exact) mass is 295 g/mol. The maximum atomic E-state index is 11.7. The van der Waals surface area contributed by atoms with Crippen LogP contribution in [0.5, 0.6) is 0 Å². The van der Waals surface area contributed by atoms with Crippen LogP contribution < -0.4 is 0 Å². The first kappa shape index (κ1) is 12.3. The fraction of sp³-hybridized carbons (Fsp3) is 0.308. The highest BCUT2D eigenvalue weighted by molar-refractivity contribution is 9.10. The van der Waals surface area contributed by atoms with Gasteiger partial charge in [0.2, 0.25) is 0 Å². The fourth-order valence-corrected chi connectivity index (χ4v) is 2.28. The zero-order valence-corrected chi connectivity index (χ0v) is 11.5. The molecule has 0 bridgehead atoms. The Bertz CT molecular complexity index is 465. The average Bonchev–Trinajstić information content (AvgIpc) is 2.71. The quantitative estimate of drug-likeness (QED) is 0.784. The molecule has 0 fully saturated rings. The van der Waals surface area contributed by atoms with Gasteiger partial charge in [-0.3, -0.25) is 4.90 Å². The van der Waals surface area contributed by atoms with Crippen molar-refractivity contribution in [2.24, 2.45) is 0 Å². The van der Waals surface area contributed by atoms with Crippen LogP contribution in [0.2, 0.25) is 0 Å². The van der Waals surface area contributed by atoms with Crippen molar-refractivity contribution in [3.63, 3.8) is 0 Å². The Morgan fingerprint density at radius 2 is 1.94 bits per heavy atom. The summed E-state index contributed by atoms with van der Waals surface area (Å²) in [7, 11) is 3.42. The molecule has 0 saturated heterocycles. The molecule has 0 spiro atoms. The summed E-state index contributed by atoms with van der Waals surface area (Å²) in [6.07, 6.45) is 0. The van der Waals surface area contributed by atoms with Gasteiger partial charge in [0, 0.05) is 17.6 Å². The number of esters is 1. The van der Waals surface area contributed by atoms with E-state index >= 15 is 0 Å². The second-order valence-electron chi connectivity index (χ2n) is 4.13. The van der Waals surface area contributed by atoms with Crippen molar-refractivity contribution in [3.05, 3.63) is 39.9 Å². The predicted molar refractivity (Wildman–Crippen MR) is 70.6 cm³/mol. The highest BCUT2D eigenvalue weighted by Gasteiger charge is 2.25. The number of methoxy groups -OCH3 is 1. The summed E-state index contributed by atoms with van der Waals surface area (Å²) in [4.78, 5) is 13.8. The van der Waals surface area contributed by atoms with Crippen LogP contribution in [0.25, 0.3) is 5.57 Å². The molecule has 0 N–H and O–H groups in total. The highest BCUT2D eigenvalue weighted by Crippen LogP contribution is 2.27. The number of hydrogen-bond donors (Lipinski definition) is 0. The minimum Gasteiger partial charge on any atom is -0.466 e. The normalized spacial score (nSPS) is 16.4. The van der Waals surface area contributed by atoms with Crippen molar-refractivity contribution in [1.29, 1.82) is 0 Å². The third-order valence-electron chi connectivity index (χ3n) is 2.84. The third-order valence-corrected chi connectivity index (χ3v) is 3.37. The smallest absolute Gasteiger partial charge is 0.335 e. The van der Waals surface area contributed by atoms with Crippen molar-refractivity contribution >= 4 is 27.5 Å². The maximum absolute atomic E-state index is 11.7. The second kappa shape index (κ2) is 5.02. The van der Waals surface area contributed by atoms with Crippen LogP contribution in [-0.2, 0) is 9.53 Å². The molecular weight excluding hydrogens is 282 g/mol. The first-order chi connectivity index (χ1) is 8.11. The Kier molecular flexibility index (Phi) is 3.64. The number of halogens is 1. The Morgan fingerprint density at radius 3 is 2.53 bits per heavy atom. The molecule has 0 unspecified atom stereocenters. The molecule has 1 aliphatic heterocycles. The molecule has 90 valence electrons. The van der Waals surface area contributed by atoms with Crippen LogP contribution in [0.3, 0.4) is 0 Å². The molecule has 0 aliphatic carbocycles. The van der Waals surface area contributed by atoms with E-state index in [-0.39, 0.29) is 5.97 Å². The van der Waals surface area contributed by atoms with Crippen LogP contribution in [0.1, 0.15) is 5.56 Å². The Morgan fingerprint density at radius 1 is 1.29 bits per heavy atom. The molecule has 0 saturated carbocycles. The average molecular weight is 296 g/mol. The Labute approximate surface area is 109 Å². The van der Waals surface area contributed by atoms with E-state index in [1.807, 2.05) is 31.3 Å². The first-order valence-corrected chi connectivity index (χ1v) is 6.16. The van der Waals surface area contributed by atoms with Crippen molar-refractivity contribution < 1.29 is 9.53 Å². The summed E-state index contributed by atoms with van der Waals surface area (Å²) in [6, 6.07) is 7.99. The van der Waals surface area contributed by atoms with Gasteiger partial charge in [-0.1, -0.05) is 28.1 Å². The number of rotatable bonds is 2.